The Labute approximate surface area is 109 Å². The molecular weight excluding hydrogens is 317 g/mol. The fraction of sp³-hybridized carbons (Fsp3) is 0.417. The average molecular weight is 333 g/mol. The maximum atomic E-state index is 10.7. The number of aliphatic carboxylic acids is 1. The van der Waals surface area contributed by atoms with E-state index in [2.05, 4.69) is 22.6 Å². The summed E-state index contributed by atoms with van der Waals surface area (Å²) >= 11 is 2.31. The van der Waals surface area contributed by atoms with Gasteiger partial charge in [-0.05, 0) is 30.5 Å². The quantitative estimate of drug-likeness (QED) is 0.495. The van der Waals surface area contributed by atoms with Crippen molar-refractivity contribution < 1.29 is 9.90 Å². The number of carboxylic acid groups (broad SMARTS) is 1. The third-order valence-corrected chi connectivity index (χ3v) is 3.42. The molecule has 0 fully saturated rings. The molecule has 0 unspecified atom stereocenters. The maximum Gasteiger partial charge on any atom is 0.306 e. The first-order valence-electron chi connectivity index (χ1n) is 5.20. The lowest BCUT2D eigenvalue weighted by atomic mass is 10.0. The smallest absolute Gasteiger partial charge is 0.306 e. The second-order valence-electron chi connectivity index (χ2n) is 4.02. The van der Waals surface area contributed by atoms with E-state index in [1.165, 1.54) is 5.56 Å². The summed E-state index contributed by atoms with van der Waals surface area (Å²) in [5.41, 5.74) is 7.56. The van der Waals surface area contributed by atoms with E-state index in [4.69, 9.17) is 10.8 Å². The molecule has 2 atom stereocenters. The number of benzene rings is 1. The van der Waals surface area contributed by atoms with Crippen LogP contribution in [0.15, 0.2) is 24.3 Å². The van der Waals surface area contributed by atoms with Crippen molar-refractivity contribution in [2.24, 2.45) is 5.92 Å². The highest BCUT2D eigenvalue weighted by Crippen LogP contribution is 2.19. The Kier molecular flexibility index (Phi) is 5.05. The van der Waals surface area contributed by atoms with E-state index in [0.717, 1.165) is 12.1 Å². The molecule has 0 spiro atoms. The van der Waals surface area contributed by atoms with Gasteiger partial charge in [0.05, 0.1) is 5.92 Å². The molecule has 1 rings (SSSR count). The predicted molar refractivity (Wildman–Crippen MR) is 73.8 cm³/mol. The van der Waals surface area contributed by atoms with Crippen molar-refractivity contribution in [2.45, 2.75) is 23.7 Å². The number of halogens is 1. The highest BCUT2D eigenvalue weighted by Gasteiger charge is 2.16. The van der Waals surface area contributed by atoms with Crippen LogP contribution in [0.4, 0.5) is 5.69 Å². The number of nitrogen functional groups attached to an aromatic ring is 1. The van der Waals surface area contributed by atoms with Gasteiger partial charge in [-0.2, -0.15) is 0 Å². The molecule has 16 heavy (non-hydrogen) atoms. The zero-order valence-electron chi connectivity index (χ0n) is 9.19. The summed E-state index contributed by atoms with van der Waals surface area (Å²) in [5, 5.41) is 8.81. The van der Waals surface area contributed by atoms with E-state index in [1.54, 1.807) is 6.92 Å². The van der Waals surface area contributed by atoms with Gasteiger partial charge in [-0.25, -0.2) is 0 Å². The molecule has 0 saturated carbocycles. The van der Waals surface area contributed by atoms with Gasteiger partial charge in [0.15, 0.2) is 0 Å². The van der Waals surface area contributed by atoms with Crippen LogP contribution in [0.1, 0.15) is 18.9 Å². The van der Waals surface area contributed by atoms with E-state index in [0.29, 0.717) is 10.3 Å². The van der Waals surface area contributed by atoms with Crippen molar-refractivity contribution in [2.75, 3.05) is 5.73 Å². The van der Waals surface area contributed by atoms with Crippen LogP contribution >= 0.6 is 22.6 Å². The molecule has 3 N–H and O–H groups in total. The first kappa shape index (κ1) is 13.3. The van der Waals surface area contributed by atoms with Crippen LogP contribution in [-0.2, 0) is 11.2 Å². The van der Waals surface area contributed by atoms with Crippen molar-refractivity contribution in [1.29, 1.82) is 0 Å². The van der Waals surface area contributed by atoms with Crippen LogP contribution in [0.3, 0.4) is 0 Å². The molecular formula is C12H16INO2. The molecule has 88 valence electrons. The summed E-state index contributed by atoms with van der Waals surface area (Å²) in [7, 11) is 0. The Balaban J connectivity index is 2.48. The Hall–Kier alpha value is -0.780. The van der Waals surface area contributed by atoms with Crippen molar-refractivity contribution >= 4 is 34.2 Å². The minimum absolute atomic E-state index is 0.282. The summed E-state index contributed by atoms with van der Waals surface area (Å²) in [6, 6.07) is 7.73. The van der Waals surface area contributed by atoms with E-state index in [1.807, 2.05) is 24.3 Å². The fourth-order valence-electron chi connectivity index (χ4n) is 1.48. The standard InChI is InChI=1S/C12H16INO2/c1-8(12(15)16)6-10(13)7-9-2-4-11(14)5-3-9/h2-5,8,10H,6-7,14H2,1H3,(H,15,16)/t8-,10+/m0/s1. The second-order valence-corrected chi connectivity index (χ2v) is 5.78. The van der Waals surface area contributed by atoms with Crippen LogP contribution in [0.5, 0.6) is 0 Å². The second kappa shape index (κ2) is 6.08. The predicted octanol–water partition coefficient (Wildman–Crippen LogP) is 2.73. The third kappa shape index (κ3) is 4.38. The molecule has 0 heterocycles. The van der Waals surface area contributed by atoms with Gasteiger partial charge < -0.3 is 10.8 Å². The highest BCUT2D eigenvalue weighted by atomic mass is 127. The number of alkyl halides is 1. The first-order valence-corrected chi connectivity index (χ1v) is 6.45. The van der Waals surface area contributed by atoms with Crippen LogP contribution in [0, 0.1) is 5.92 Å². The van der Waals surface area contributed by atoms with Gasteiger partial charge in [-0.3, -0.25) is 4.79 Å². The van der Waals surface area contributed by atoms with Gasteiger partial charge >= 0.3 is 5.97 Å². The van der Waals surface area contributed by atoms with Crippen LogP contribution in [0.2, 0.25) is 0 Å². The summed E-state index contributed by atoms with van der Waals surface area (Å²) < 4.78 is 0.340. The molecule has 3 nitrogen and oxygen atoms in total. The maximum absolute atomic E-state index is 10.7. The SMILES string of the molecule is C[C@@H](C[C@@H](I)Cc1ccc(N)cc1)C(=O)O. The lowest BCUT2D eigenvalue weighted by Gasteiger charge is -2.12. The number of carbonyl (C=O) groups is 1. The zero-order chi connectivity index (χ0) is 12.1. The molecule has 0 aromatic heterocycles. The number of anilines is 1. The number of carboxylic acids is 1. The van der Waals surface area contributed by atoms with E-state index in [-0.39, 0.29) is 5.92 Å². The lowest BCUT2D eigenvalue weighted by molar-refractivity contribution is -0.141. The minimum atomic E-state index is -0.723. The van der Waals surface area contributed by atoms with Crippen molar-refractivity contribution in [3.8, 4) is 0 Å². The van der Waals surface area contributed by atoms with Crippen molar-refractivity contribution in [3.63, 3.8) is 0 Å². The largest absolute Gasteiger partial charge is 0.481 e. The summed E-state index contributed by atoms with van der Waals surface area (Å²) in [6.07, 6.45) is 1.58. The Morgan fingerprint density at radius 3 is 2.50 bits per heavy atom. The number of hydrogen-bond donors (Lipinski definition) is 2. The van der Waals surface area contributed by atoms with Gasteiger partial charge in [0.1, 0.15) is 0 Å². The normalized spacial score (nSPS) is 14.4. The van der Waals surface area contributed by atoms with E-state index in [9.17, 15) is 4.79 Å². The monoisotopic (exact) mass is 333 g/mol. The highest BCUT2D eigenvalue weighted by molar-refractivity contribution is 14.1. The molecule has 0 aliphatic rings. The topological polar surface area (TPSA) is 63.3 Å². The molecule has 0 aliphatic carbocycles. The zero-order valence-corrected chi connectivity index (χ0v) is 11.3. The Bertz CT molecular complexity index is 351. The van der Waals surface area contributed by atoms with E-state index < -0.39 is 5.97 Å². The summed E-state index contributed by atoms with van der Waals surface area (Å²) in [5.74, 6) is -1.00. The minimum Gasteiger partial charge on any atom is -0.481 e. The van der Waals surface area contributed by atoms with Gasteiger partial charge in [0, 0.05) is 9.61 Å². The Morgan fingerprint density at radius 2 is 2.00 bits per heavy atom. The number of hydrogen-bond acceptors (Lipinski definition) is 2. The molecule has 1 aromatic rings. The van der Waals surface area contributed by atoms with Gasteiger partial charge in [0.2, 0.25) is 0 Å². The van der Waals surface area contributed by atoms with Crippen LogP contribution in [-0.4, -0.2) is 15.0 Å². The number of nitrogens with two attached hydrogens (primary N) is 1. The van der Waals surface area contributed by atoms with Gasteiger partial charge in [-0.1, -0.05) is 41.6 Å². The van der Waals surface area contributed by atoms with Crippen molar-refractivity contribution in [3.05, 3.63) is 29.8 Å². The molecule has 0 bridgehead atoms. The Morgan fingerprint density at radius 1 is 1.44 bits per heavy atom. The van der Waals surface area contributed by atoms with Crippen molar-refractivity contribution in [1.82, 2.24) is 0 Å². The fourth-order valence-corrected chi connectivity index (χ4v) is 2.75. The van der Waals surface area contributed by atoms with E-state index >= 15 is 0 Å². The van der Waals surface area contributed by atoms with Crippen LogP contribution in [0.25, 0.3) is 0 Å². The third-order valence-electron chi connectivity index (χ3n) is 2.47. The first-order chi connectivity index (χ1) is 7.49. The van der Waals surface area contributed by atoms with Gasteiger partial charge in [0.25, 0.3) is 0 Å². The van der Waals surface area contributed by atoms with Crippen LogP contribution < -0.4 is 5.73 Å². The molecule has 0 aliphatic heterocycles. The molecule has 0 amide bonds. The molecule has 0 radical (unpaired) electrons. The van der Waals surface area contributed by atoms with Gasteiger partial charge in [-0.15, -0.1) is 0 Å². The summed E-state index contributed by atoms with van der Waals surface area (Å²) in [6.45, 7) is 1.75. The average Bonchev–Trinajstić information content (AvgIpc) is 2.21. The molecule has 0 saturated heterocycles. The summed E-state index contributed by atoms with van der Waals surface area (Å²) in [4.78, 5) is 10.7. The molecule has 1 aromatic carbocycles. The number of rotatable bonds is 5. The lowest BCUT2D eigenvalue weighted by Crippen LogP contribution is -2.16. The molecule has 4 heteroatoms.